The number of amides is 2. The number of piperidine rings is 1. The fraction of sp³-hybridized carbons (Fsp3) is 0.647. The average Bonchev–Trinajstić information content (AvgIpc) is 3.20. The third kappa shape index (κ3) is 3.51. The summed E-state index contributed by atoms with van der Waals surface area (Å²) in [6.07, 6.45) is 7.68. The second kappa shape index (κ2) is 6.55. The maximum Gasteiger partial charge on any atom is 0.257 e. The van der Waals surface area contributed by atoms with Gasteiger partial charge < -0.3 is 14.2 Å². The van der Waals surface area contributed by atoms with Crippen molar-refractivity contribution in [2.24, 2.45) is 5.92 Å². The molecule has 22 heavy (non-hydrogen) atoms. The first kappa shape index (κ1) is 15.1. The molecule has 0 unspecified atom stereocenters. The molecule has 1 aromatic heterocycles. The number of rotatable bonds is 5. The van der Waals surface area contributed by atoms with Gasteiger partial charge in [-0.1, -0.05) is 6.92 Å². The van der Waals surface area contributed by atoms with Crippen molar-refractivity contribution >= 4 is 11.8 Å². The second-order valence-corrected chi connectivity index (χ2v) is 6.56. The number of furan rings is 1. The Labute approximate surface area is 131 Å². The van der Waals surface area contributed by atoms with Gasteiger partial charge in [-0.25, -0.2) is 0 Å². The molecule has 1 aliphatic heterocycles. The molecule has 5 heteroatoms. The molecule has 0 bridgehead atoms. The summed E-state index contributed by atoms with van der Waals surface area (Å²) in [6.45, 7) is 4.47. The summed E-state index contributed by atoms with van der Waals surface area (Å²) in [4.78, 5) is 28.6. The molecule has 2 amide bonds. The minimum absolute atomic E-state index is 0.0173. The fourth-order valence-corrected chi connectivity index (χ4v) is 3.02. The smallest absolute Gasteiger partial charge is 0.257 e. The lowest BCUT2D eigenvalue weighted by Gasteiger charge is -2.31. The van der Waals surface area contributed by atoms with E-state index >= 15 is 0 Å². The Morgan fingerprint density at radius 2 is 2.00 bits per heavy atom. The van der Waals surface area contributed by atoms with E-state index in [1.807, 2.05) is 9.80 Å². The van der Waals surface area contributed by atoms with Crippen LogP contribution >= 0.6 is 0 Å². The van der Waals surface area contributed by atoms with Crippen molar-refractivity contribution in [2.45, 2.75) is 45.1 Å². The normalized spacial score (nSPS) is 19.2. The highest BCUT2D eigenvalue weighted by Gasteiger charge is 2.34. The lowest BCUT2D eigenvalue weighted by molar-refractivity contribution is -0.132. The van der Waals surface area contributed by atoms with Gasteiger partial charge in [-0.3, -0.25) is 9.59 Å². The summed E-state index contributed by atoms with van der Waals surface area (Å²) in [7, 11) is 0. The van der Waals surface area contributed by atoms with Crippen molar-refractivity contribution < 1.29 is 14.0 Å². The fourth-order valence-electron chi connectivity index (χ4n) is 3.02. The van der Waals surface area contributed by atoms with Crippen LogP contribution in [0.15, 0.2) is 23.0 Å². The van der Waals surface area contributed by atoms with Gasteiger partial charge in [0.2, 0.25) is 5.91 Å². The zero-order chi connectivity index (χ0) is 15.5. The molecule has 1 aliphatic carbocycles. The molecule has 1 aromatic rings. The van der Waals surface area contributed by atoms with E-state index in [2.05, 4.69) is 6.92 Å². The Morgan fingerprint density at radius 3 is 2.59 bits per heavy atom. The minimum atomic E-state index is -0.0173. The van der Waals surface area contributed by atoms with Gasteiger partial charge in [0.25, 0.3) is 5.91 Å². The van der Waals surface area contributed by atoms with E-state index in [1.165, 1.54) is 12.5 Å². The largest absolute Gasteiger partial charge is 0.472 e. The highest BCUT2D eigenvalue weighted by atomic mass is 16.3. The summed E-state index contributed by atoms with van der Waals surface area (Å²) in [6, 6.07) is 1.99. The Balaban J connectivity index is 1.54. The Bertz CT molecular complexity index is 514. The molecule has 0 radical (unpaired) electrons. The quantitative estimate of drug-likeness (QED) is 0.840. The van der Waals surface area contributed by atoms with Crippen molar-refractivity contribution in [2.75, 3.05) is 19.6 Å². The van der Waals surface area contributed by atoms with Crippen LogP contribution in [0.4, 0.5) is 0 Å². The van der Waals surface area contributed by atoms with Crippen molar-refractivity contribution in [3.8, 4) is 0 Å². The van der Waals surface area contributed by atoms with Gasteiger partial charge in [0.05, 0.1) is 11.8 Å². The molecule has 0 spiro atoms. The molecule has 2 aliphatic rings. The van der Waals surface area contributed by atoms with Gasteiger partial charge in [-0.05, 0) is 37.7 Å². The van der Waals surface area contributed by atoms with Crippen LogP contribution in [0.25, 0.3) is 0 Å². The summed E-state index contributed by atoms with van der Waals surface area (Å²) < 4.78 is 4.99. The topological polar surface area (TPSA) is 53.8 Å². The summed E-state index contributed by atoms with van der Waals surface area (Å²) in [5.74, 6) is 0.878. The predicted octanol–water partition coefficient (Wildman–Crippen LogP) is 2.53. The first-order chi connectivity index (χ1) is 10.6. The molecule has 2 fully saturated rings. The minimum Gasteiger partial charge on any atom is -0.472 e. The Kier molecular flexibility index (Phi) is 4.50. The zero-order valence-electron chi connectivity index (χ0n) is 13.2. The van der Waals surface area contributed by atoms with Gasteiger partial charge in [-0.15, -0.1) is 0 Å². The third-order valence-corrected chi connectivity index (χ3v) is 4.72. The van der Waals surface area contributed by atoms with Crippen molar-refractivity contribution in [3.05, 3.63) is 24.2 Å². The van der Waals surface area contributed by atoms with Crippen LogP contribution in [-0.4, -0.2) is 47.3 Å². The maximum atomic E-state index is 12.5. The van der Waals surface area contributed by atoms with E-state index in [1.54, 1.807) is 6.07 Å². The van der Waals surface area contributed by atoms with Crippen LogP contribution in [0.3, 0.4) is 0 Å². The van der Waals surface area contributed by atoms with Gasteiger partial charge in [0, 0.05) is 32.1 Å². The zero-order valence-corrected chi connectivity index (χ0v) is 13.2. The predicted molar refractivity (Wildman–Crippen MR) is 82.4 cm³/mol. The van der Waals surface area contributed by atoms with E-state index in [4.69, 9.17) is 4.42 Å². The summed E-state index contributed by atoms with van der Waals surface area (Å²) >= 11 is 0. The van der Waals surface area contributed by atoms with Crippen LogP contribution in [0.1, 0.15) is 49.4 Å². The molecular formula is C17H24N2O3. The Morgan fingerprint density at radius 1 is 1.27 bits per heavy atom. The standard InChI is InChI=1S/C17H24N2O3/c1-13-4-8-18(9-5-13)16(20)6-10-19(15-2-3-15)17(21)14-7-11-22-12-14/h7,11-13,15H,2-6,8-10H2,1H3. The number of likely N-dealkylation sites (tertiary alicyclic amines) is 1. The van der Waals surface area contributed by atoms with Crippen LogP contribution < -0.4 is 0 Å². The lowest BCUT2D eigenvalue weighted by Crippen LogP contribution is -2.41. The van der Waals surface area contributed by atoms with Crippen LogP contribution in [-0.2, 0) is 4.79 Å². The van der Waals surface area contributed by atoms with Gasteiger partial charge in [0.15, 0.2) is 0 Å². The molecule has 5 nitrogen and oxygen atoms in total. The lowest BCUT2D eigenvalue weighted by atomic mass is 9.99. The number of hydrogen-bond acceptors (Lipinski definition) is 3. The summed E-state index contributed by atoms with van der Waals surface area (Å²) in [5.41, 5.74) is 0.575. The maximum absolute atomic E-state index is 12.5. The van der Waals surface area contributed by atoms with E-state index in [-0.39, 0.29) is 11.8 Å². The van der Waals surface area contributed by atoms with Gasteiger partial charge in [-0.2, -0.15) is 0 Å². The van der Waals surface area contributed by atoms with E-state index in [0.717, 1.165) is 44.7 Å². The van der Waals surface area contributed by atoms with Crippen molar-refractivity contribution in [1.82, 2.24) is 9.80 Å². The molecule has 3 rings (SSSR count). The molecule has 1 saturated carbocycles. The highest BCUT2D eigenvalue weighted by molar-refractivity contribution is 5.94. The van der Waals surface area contributed by atoms with Crippen LogP contribution in [0.5, 0.6) is 0 Å². The molecule has 0 N–H and O–H groups in total. The van der Waals surface area contributed by atoms with E-state index < -0.39 is 0 Å². The highest BCUT2D eigenvalue weighted by Crippen LogP contribution is 2.28. The Hall–Kier alpha value is -1.78. The molecule has 0 aromatic carbocycles. The monoisotopic (exact) mass is 304 g/mol. The van der Waals surface area contributed by atoms with Gasteiger partial charge >= 0.3 is 0 Å². The first-order valence-corrected chi connectivity index (χ1v) is 8.26. The van der Waals surface area contributed by atoms with Crippen molar-refractivity contribution in [3.63, 3.8) is 0 Å². The van der Waals surface area contributed by atoms with Crippen molar-refractivity contribution in [1.29, 1.82) is 0 Å². The number of nitrogens with zero attached hydrogens (tertiary/aromatic N) is 2. The van der Waals surface area contributed by atoms with Crippen LogP contribution in [0.2, 0.25) is 0 Å². The van der Waals surface area contributed by atoms with E-state index in [9.17, 15) is 9.59 Å². The molecule has 0 atom stereocenters. The number of carbonyl (C=O) groups excluding carboxylic acids is 2. The van der Waals surface area contributed by atoms with Crippen LogP contribution in [0, 0.1) is 5.92 Å². The summed E-state index contributed by atoms with van der Waals surface area (Å²) in [5, 5.41) is 0. The van der Waals surface area contributed by atoms with E-state index in [0.29, 0.717) is 24.6 Å². The number of carbonyl (C=O) groups is 2. The first-order valence-electron chi connectivity index (χ1n) is 8.26. The third-order valence-electron chi connectivity index (χ3n) is 4.72. The van der Waals surface area contributed by atoms with Gasteiger partial charge in [0.1, 0.15) is 6.26 Å². The second-order valence-electron chi connectivity index (χ2n) is 6.56. The SMILES string of the molecule is CC1CCN(C(=O)CCN(C(=O)c2ccoc2)C2CC2)CC1. The molecule has 1 saturated heterocycles. The molecule has 120 valence electrons. The molecular weight excluding hydrogens is 280 g/mol. The molecule has 2 heterocycles. The average molecular weight is 304 g/mol. The number of hydrogen-bond donors (Lipinski definition) is 0.